The number of carbonyl (C=O) groups is 2. The maximum Gasteiger partial charge on any atom is 0.338 e. The van der Waals surface area contributed by atoms with Crippen LogP contribution in [0.5, 0.6) is 0 Å². The van der Waals surface area contributed by atoms with Crippen molar-refractivity contribution in [3.8, 4) is 0 Å². The molecule has 0 aromatic heterocycles. The normalized spacial score (nSPS) is 10.9. The van der Waals surface area contributed by atoms with E-state index >= 15 is 0 Å². The van der Waals surface area contributed by atoms with Gasteiger partial charge in [0.15, 0.2) is 0 Å². The van der Waals surface area contributed by atoms with Crippen LogP contribution in [0.1, 0.15) is 41.5 Å². The molecule has 0 aliphatic heterocycles. The van der Waals surface area contributed by atoms with Crippen molar-refractivity contribution < 1.29 is 24.2 Å². The van der Waals surface area contributed by atoms with Gasteiger partial charge in [-0.25, -0.2) is 9.59 Å². The number of rotatable bonds is 4. The van der Waals surface area contributed by atoms with Crippen LogP contribution in [0.4, 0.5) is 0 Å². The van der Waals surface area contributed by atoms with Gasteiger partial charge in [-0.15, -0.1) is 0 Å². The summed E-state index contributed by atoms with van der Waals surface area (Å²) in [6.45, 7) is 5.08. The van der Waals surface area contributed by atoms with Gasteiger partial charge in [-0.2, -0.15) is 0 Å². The van der Waals surface area contributed by atoms with Gasteiger partial charge in [0.05, 0.1) is 17.7 Å². The molecule has 0 spiro atoms. The molecule has 0 saturated carbocycles. The monoisotopic (exact) mass is 266 g/mol. The summed E-state index contributed by atoms with van der Waals surface area (Å²) >= 11 is 0. The zero-order valence-corrected chi connectivity index (χ0v) is 11.3. The smallest absolute Gasteiger partial charge is 0.338 e. The van der Waals surface area contributed by atoms with E-state index in [-0.39, 0.29) is 13.2 Å². The highest BCUT2D eigenvalue weighted by Crippen LogP contribution is 2.13. The third-order valence-electron chi connectivity index (χ3n) is 2.08. The Morgan fingerprint density at radius 1 is 1.05 bits per heavy atom. The Bertz CT molecular complexity index is 442. The molecule has 1 N–H and O–H groups in total. The lowest BCUT2D eigenvalue weighted by Gasteiger charge is -2.19. The molecule has 0 radical (unpaired) electrons. The third kappa shape index (κ3) is 5.09. The van der Waals surface area contributed by atoms with Gasteiger partial charge in [0.1, 0.15) is 12.2 Å². The van der Waals surface area contributed by atoms with Gasteiger partial charge in [0.2, 0.25) is 0 Å². The summed E-state index contributed by atoms with van der Waals surface area (Å²) in [6, 6.07) is 5.98. The van der Waals surface area contributed by atoms with Crippen molar-refractivity contribution in [1.82, 2.24) is 0 Å². The van der Waals surface area contributed by atoms with E-state index in [1.165, 1.54) is 24.3 Å². The van der Waals surface area contributed by atoms with E-state index in [0.717, 1.165) is 0 Å². The minimum Gasteiger partial charge on any atom is -0.460 e. The summed E-state index contributed by atoms with van der Waals surface area (Å²) in [5.41, 5.74) is 0.130. The number of hydrogen-bond donors (Lipinski definition) is 1. The van der Waals surface area contributed by atoms with Gasteiger partial charge in [-0.05, 0) is 45.0 Å². The number of aliphatic hydroxyl groups excluding tert-OH is 1. The molecule has 0 aliphatic rings. The Morgan fingerprint density at radius 3 is 1.95 bits per heavy atom. The first kappa shape index (κ1) is 15.2. The van der Waals surface area contributed by atoms with Gasteiger partial charge >= 0.3 is 11.9 Å². The third-order valence-corrected chi connectivity index (χ3v) is 2.08. The summed E-state index contributed by atoms with van der Waals surface area (Å²) in [4.78, 5) is 23.2. The van der Waals surface area contributed by atoms with E-state index < -0.39 is 17.5 Å². The van der Waals surface area contributed by atoms with Crippen molar-refractivity contribution in [1.29, 1.82) is 0 Å². The highest BCUT2D eigenvalue weighted by atomic mass is 16.6. The second-order valence-electron chi connectivity index (χ2n) is 4.94. The van der Waals surface area contributed by atoms with E-state index in [9.17, 15) is 9.59 Å². The second kappa shape index (κ2) is 6.33. The number of carbonyl (C=O) groups excluding carboxylic acids is 2. The molecule has 0 saturated heterocycles. The van der Waals surface area contributed by atoms with Crippen LogP contribution in [-0.2, 0) is 9.47 Å². The Hall–Kier alpha value is -1.88. The van der Waals surface area contributed by atoms with Crippen LogP contribution in [0.2, 0.25) is 0 Å². The van der Waals surface area contributed by atoms with E-state index in [4.69, 9.17) is 14.6 Å². The van der Waals surface area contributed by atoms with E-state index in [0.29, 0.717) is 11.1 Å². The predicted molar refractivity (Wildman–Crippen MR) is 69.0 cm³/mol. The lowest BCUT2D eigenvalue weighted by Crippen LogP contribution is -2.23. The maximum absolute atomic E-state index is 11.7. The average Bonchev–Trinajstić information content (AvgIpc) is 2.34. The van der Waals surface area contributed by atoms with Crippen molar-refractivity contribution in [3.63, 3.8) is 0 Å². The number of hydrogen-bond acceptors (Lipinski definition) is 5. The molecule has 0 bridgehead atoms. The summed E-state index contributed by atoms with van der Waals surface area (Å²) in [6.07, 6.45) is 0. The fourth-order valence-electron chi connectivity index (χ4n) is 1.30. The molecule has 5 heteroatoms. The molecule has 0 unspecified atom stereocenters. The Labute approximate surface area is 112 Å². The standard InChI is InChI=1S/C14H18O5/c1-14(2,3)19-13(17)11-6-4-10(5-7-11)12(16)18-9-8-15/h4-7,15H,8-9H2,1-3H3. The molecule has 1 aromatic rings. The molecule has 19 heavy (non-hydrogen) atoms. The summed E-state index contributed by atoms with van der Waals surface area (Å²) in [5.74, 6) is -0.979. The number of ether oxygens (including phenoxy) is 2. The van der Waals surface area contributed by atoms with Crippen LogP contribution in [-0.4, -0.2) is 35.9 Å². The molecular formula is C14H18O5. The highest BCUT2D eigenvalue weighted by molar-refractivity contribution is 5.93. The molecule has 0 aliphatic carbocycles. The fourth-order valence-corrected chi connectivity index (χ4v) is 1.30. The Balaban J connectivity index is 2.71. The zero-order valence-electron chi connectivity index (χ0n) is 11.3. The van der Waals surface area contributed by atoms with Crippen LogP contribution < -0.4 is 0 Å². The fraction of sp³-hybridized carbons (Fsp3) is 0.429. The largest absolute Gasteiger partial charge is 0.460 e. The van der Waals surface area contributed by atoms with E-state index in [2.05, 4.69) is 0 Å². The van der Waals surface area contributed by atoms with E-state index in [1.807, 2.05) is 0 Å². The molecule has 0 fully saturated rings. The van der Waals surface area contributed by atoms with Crippen LogP contribution in [0, 0.1) is 0 Å². The van der Waals surface area contributed by atoms with Crippen molar-refractivity contribution in [2.24, 2.45) is 0 Å². The maximum atomic E-state index is 11.7. The predicted octanol–water partition coefficient (Wildman–Crippen LogP) is 1.79. The van der Waals surface area contributed by atoms with Crippen molar-refractivity contribution in [2.45, 2.75) is 26.4 Å². The lowest BCUT2D eigenvalue weighted by atomic mass is 10.1. The van der Waals surface area contributed by atoms with Crippen LogP contribution >= 0.6 is 0 Å². The van der Waals surface area contributed by atoms with Crippen LogP contribution in [0.25, 0.3) is 0 Å². The Kier molecular flexibility index (Phi) is 5.06. The minimum atomic E-state index is -0.560. The first-order chi connectivity index (χ1) is 8.83. The SMILES string of the molecule is CC(C)(C)OC(=O)c1ccc(C(=O)OCCO)cc1. The highest BCUT2D eigenvalue weighted by Gasteiger charge is 2.18. The van der Waals surface area contributed by atoms with Gasteiger partial charge < -0.3 is 14.6 Å². The molecule has 0 atom stereocenters. The van der Waals surface area contributed by atoms with E-state index in [1.54, 1.807) is 20.8 Å². The first-order valence-electron chi connectivity index (χ1n) is 5.95. The van der Waals surface area contributed by atoms with Crippen molar-refractivity contribution >= 4 is 11.9 Å². The minimum absolute atomic E-state index is 0.0490. The molecule has 0 amide bonds. The Morgan fingerprint density at radius 2 is 1.53 bits per heavy atom. The quantitative estimate of drug-likeness (QED) is 0.841. The molecule has 5 nitrogen and oxygen atoms in total. The average molecular weight is 266 g/mol. The zero-order chi connectivity index (χ0) is 14.5. The molecular weight excluding hydrogens is 248 g/mol. The van der Waals surface area contributed by atoms with Gasteiger partial charge in [0, 0.05) is 0 Å². The van der Waals surface area contributed by atoms with Gasteiger partial charge in [-0.1, -0.05) is 0 Å². The topological polar surface area (TPSA) is 72.8 Å². The molecule has 104 valence electrons. The van der Waals surface area contributed by atoms with Crippen LogP contribution in [0.3, 0.4) is 0 Å². The number of aliphatic hydroxyl groups is 1. The number of benzene rings is 1. The second-order valence-corrected chi connectivity index (χ2v) is 4.94. The summed E-state index contributed by atoms with van der Waals surface area (Å²) < 4.78 is 9.95. The van der Waals surface area contributed by atoms with Crippen molar-refractivity contribution in [3.05, 3.63) is 35.4 Å². The van der Waals surface area contributed by atoms with Gasteiger partial charge in [0.25, 0.3) is 0 Å². The summed E-state index contributed by atoms with van der Waals surface area (Å²) in [7, 11) is 0. The van der Waals surface area contributed by atoms with Crippen LogP contribution in [0.15, 0.2) is 24.3 Å². The molecule has 0 heterocycles. The molecule has 1 aromatic carbocycles. The number of esters is 2. The summed E-state index contributed by atoms with van der Waals surface area (Å²) in [5, 5.41) is 8.55. The van der Waals surface area contributed by atoms with Gasteiger partial charge in [-0.3, -0.25) is 0 Å². The van der Waals surface area contributed by atoms with Crippen molar-refractivity contribution in [2.75, 3.05) is 13.2 Å². The lowest BCUT2D eigenvalue weighted by molar-refractivity contribution is 0.00690. The molecule has 1 rings (SSSR count). The first-order valence-corrected chi connectivity index (χ1v) is 5.95.